The second-order valence-electron chi connectivity index (χ2n) is 1.64. The molecule has 0 unspecified atom stereocenters. The van der Waals surface area contributed by atoms with Crippen molar-refractivity contribution in [1.82, 2.24) is 4.98 Å². The normalized spacial score (nSPS) is 12.9. The van der Waals surface area contributed by atoms with E-state index in [0.717, 1.165) is 6.20 Å². The molecular weight excluding hydrogens is 143 g/mol. The Bertz CT molecular complexity index is 258. The van der Waals surface area contributed by atoms with Crippen molar-refractivity contribution in [1.29, 1.82) is 0 Å². The lowest BCUT2D eigenvalue weighted by molar-refractivity contribution is -0.141. The number of nitrogens with zero attached hydrogens (tertiary/aromatic N) is 1. The molecule has 0 saturated carbocycles. The molecule has 0 saturated heterocycles. The molecule has 1 rings (SSSR count). The maximum atomic E-state index is 11.8. The van der Waals surface area contributed by atoms with Crippen molar-refractivity contribution < 1.29 is 14.5 Å². The van der Waals surface area contributed by atoms with Gasteiger partial charge in [-0.15, -0.1) is 0 Å². The van der Waals surface area contributed by atoms with E-state index >= 15 is 0 Å². The Morgan fingerprint density at radius 1 is 1.50 bits per heavy atom. The van der Waals surface area contributed by atoms with E-state index in [-0.39, 0.29) is 6.04 Å². The first-order chi connectivity index (χ1) is 5.00. The highest BCUT2D eigenvalue weighted by atomic mass is 19.4. The van der Waals surface area contributed by atoms with Gasteiger partial charge in [0.25, 0.3) is 0 Å². The summed E-state index contributed by atoms with van der Waals surface area (Å²) in [5.41, 5.74) is -1.02. The van der Waals surface area contributed by atoms with E-state index in [0.29, 0.717) is 6.07 Å². The van der Waals surface area contributed by atoms with Gasteiger partial charge >= 0.3 is 6.18 Å². The predicted octanol–water partition coefficient (Wildman–Crippen LogP) is 2.10. The quantitative estimate of drug-likeness (QED) is 0.549. The van der Waals surface area contributed by atoms with Crippen LogP contribution >= 0.6 is 0 Å². The molecule has 0 N–H and O–H groups in total. The monoisotopic (exact) mass is 148 g/mol. The summed E-state index contributed by atoms with van der Waals surface area (Å²) in [7, 11) is 0. The predicted molar refractivity (Wildman–Crippen MR) is 29.2 cm³/mol. The van der Waals surface area contributed by atoms with Crippen LogP contribution in [0.5, 0.6) is 0 Å². The summed E-state index contributed by atoms with van der Waals surface area (Å²) in [6.07, 6.45) is -3.48. The molecule has 1 heterocycles. The largest absolute Gasteiger partial charge is 0.433 e. The fourth-order valence-corrected chi connectivity index (χ4v) is 0.480. The first-order valence-electron chi connectivity index (χ1n) is 3.00. The van der Waals surface area contributed by atoms with Crippen LogP contribution in [0, 0.1) is 0 Å². The number of halogens is 3. The fourth-order valence-electron chi connectivity index (χ4n) is 0.480. The Labute approximate surface area is 56.9 Å². The minimum absolute atomic E-state index is 0.188. The topological polar surface area (TPSA) is 12.9 Å². The van der Waals surface area contributed by atoms with Crippen molar-refractivity contribution in [3.05, 3.63) is 30.1 Å². The van der Waals surface area contributed by atoms with E-state index in [1.54, 1.807) is 0 Å². The first kappa shape index (κ1) is 5.70. The van der Waals surface area contributed by atoms with Crippen molar-refractivity contribution in [3.8, 4) is 0 Å². The summed E-state index contributed by atoms with van der Waals surface area (Å²) < 4.78 is 42.3. The molecule has 1 aromatic heterocycles. The number of hydrogen-bond donors (Lipinski definition) is 0. The van der Waals surface area contributed by atoms with Gasteiger partial charge in [-0.2, -0.15) is 13.2 Å². The number of rotatable bonds is 0. The van der Waals surface area contributed by atoms with E-state index in [2.05, 4.69) is 4.98 Å². The SMILES string of the molecule is [2H]c1ccnc(C(F)(F)F)c1. The maximum absolute atomic E-state index is 11.8. The molecule has 0 fully saturated rings. The van der Waals surface area contributed by atoms with Crippen LogP contribution in [0.15, 0.2) is 24.4 Å². The van der Waals surface area contributed by atoms with Gasteiger partial charge in [0.05, 0.1) is 1.37 Å². The molecule has 0 bridgehead atoms. The Morgan fingerprint density at radius 2 is 2.20 bits per heavy atom. The zero-order valence-corrected chi connectivity index (χ0v) is 4.81. The summed E-state index contributed by atoms with van der Waals surface area (Å²) in [6, 6.07) is 1.68. The molecule has 0 spiro atoms. The summed E-state index contributed by atoms with van der Waals surface area (Å²) in [6.45, 7) is 0. The van der Waals surface area contributed by atoms with Gasteiger partial charge in [-0.05, 0) is 12.1 Å². The van der Waals surface area contributed by atoms with Gasteiger partial charge in [0, 0.05) is 6.20 Å². The number of hydrogen-bond acceptors (Lipinski definition) is 1. The van der Waals surface area contributed by atoms with Gasteiger partial charge in [0.15, 0.2) is 0 Å². The lowest BCUT2D eigenvalue weighted by Gasteiger charge is -2.02. The zero-order chi connectivity index (χ0) is 8.48. The second kappa shape index (κ2) is 2.28. The molecule has 0 radical (unpaired) electrons. The molecule has 0 aliphatic carbocycles. The van der Waals surface area contributed by atoms with Crippen molar-refractivity contribution in [2.24, 2.45) is 0 Å². The Balaban J connectivity index is 3.06. The average molecular weight is 148 g/mol. The van der Waals surface area contributed by atoms with Gasteiger partial charge in [0.1, 0.15) is 5.69 Å². The molecule has 10 heavy (non-hydrogen) atoms. The summed E-state index contributed by atoms with van der Waals surface area (Å²) in [5.74, 6) is 0. The third kappa shape index (κ3) is 1.46. The van der Waals surface area contributed by atoms with E-state index in [1.165, 1.54) is 6.07 Å². The minimum atomic E-state index is -4.45. The Morgan fingerprint density at radius 3 is 2.60 bits per heavy atom. The van der Waals surface area contributed by atoms with Crippen LogP contribution in [0.1, 0.15) is 7.06 Å². The highest BCUT2D eigenvalue weighted by Gasteiger charge is 2.31. The van der Waals surface area contributed by atoms with Crippen LogP contribution in [-0.4, -0.2) is 4.98 Å². The average Bonchev–Trinajstić information content (AvgIpc) is 1.86. The number of alkyl halides is 3. The summed E-state index contributed by atoms with van der Waals surface area (Å²) in [5, 5.41) is 0. The summed E-state index contributed by atoms with van der Waals surface area (Å²) >= 11 is 0. The van der Waals surface area contributed by atoms with E-state index in [9.17, 15) is 13.2 Å². The van der Waals surface area contributed by atoms with Crippen LogP contribution < -0.4 is 0 Å². The molecule has 0 aliphatic heterocycles. The third-order valence-electron chi connectivity index (χ3n) is 0.895. The van der Waals surface area contributed by atoms with Crippen molar-refractivity contribution in [2.75, 3.05) is 0 Å². The van der Waals surface area contributed by atoms with Gasteiger partial charge in [-0.25, -0.2) is 0 Å². The van der Waals surface area contributed by atoms with Crippen LogP contribution in [0.4, 0.5) is 13.2 Å². The fraction of sp³-hybridized carbons (Fsp3) is 0.167. The van der Waals surface area contributed by atoms with Gasteiger partial charge < -0.3 is 0 Å². The molecule has 0 aliphatic rings. The maximum Gasteiger partial charge on any atom is 0.433 e. The third-order valence-corrected chi connectivity index (χ3v) is 0.895. The Kier molecular flexibility index (Phi) is 1.30. The molecule has 1 aromatic rings. The van der Waals surface area contributed by atoms with Crippen molar-refractivity contribution in [3.63, 3.8) is 0 Å². The summed E-state index contributed by atoms with van der Waals surface area (Å²) in [4.78, 5) is 3.07. The Hall–Kier alpha value is -1.06. The minimum Gasteiger partial charge on any atom is -0.252 e. The number of aromatic nitrogens is 1. The van der Waals surface area contributed by atoms with Crippen molar-refractivity contribution in [2.45, 2.75) is 6.18 Å². The van der Waals surface area contributed by atoms with E-state index in [4.69, 9.17) is 1.37 Å². The molecule has 0 atom stereocenters. The molecule has 4 heteroatoms. The van der Waals surface area contributed by atoms with E-state index in [1.807, 2.05) is 0 Å². The number of pyridine rings is 1. The molecular formula is C6H4F3N. The highest BCUT2D eigenvalue weighted by Crippen LogP contribution is 2.26. The van der Waals surface area contributed by atoms with Gasteiger partial charge in [0.2, 0.25) is 0 Å². The lowest BCUT2D eigenvalue weighted by atomic mass is 10.3. The lowest BCUT2D eigenvalue weighted by Crippen LogP contribution is -2.06. The van der Waals surface area contributed by atoms with Crippen LogP contribution in [0.2, 0.25) is 0 Å². The highest BCUT2D eigenvalue weighted by molar-refractivity contribution is 5.06. The van der Waals surface area contributed by atoms with Crippen LogP contribution in [0.25, 0.3) is 0 Å². The standard InChI is InChI=1S/C6H4F3N/c7-6(8,9)5-3-1-2-4-10-5/h1-4H/i1D. The molecule has 54 valence electrons. The molecule has 0 amide bonds. The zero-order valence-electron chi connectivity index (χ0n) is 5.81. The van der Waals surface area contributed by atoms with Crippen LogP contribution in [0.3, 0.4) is 0 Å². The van der Waals surface area contributed by atoms with Crippen molar-refractivity contribution >= 4 is 0 Å². The van der Waals surface area contributed by atoms with E-state index < -0.39 is 11.9 Å². The molecule has 1 nitrogen and oxygen atoms in total. The molecule has 0 aromatic carbocycles. The van der Waals surface area contributed by atoms with Crippen LogP contribution in [-0.2, 0) is 6.18 Å². The van der Waals surface area contributed by atoms with Gasteiger partial charge in [-0.3, -0.25) is 4.98 Å². The first-order valence-corrected chi connectivity index (χ1v) is 2.50. The van der Waals surface area contributed by atoms with Gasteiger partial charge in [-0.1, -0.05) is 6.04 Å². The second-order valence-corrected chi connectivity index (χ2v) is 1.64. The smallest absolute Gasteiger partial charge is 0.252 e.